The Morgan fingerprint density at radius 3 is 2.90 bits per heavy atom. The Labute approximate surface area is 123 Å². The number of methoxy groups -OCH3 is 1. The van der Waals surface area contributed by atoms with E-state index in [4.69, 9.17) is 10.5 Å². The molecule has 0 aliphatic rings. The van der Waals surface area contributed by atoms with E-state index in [0.29, 0.717) is 23.5 Å². The van der Waals surface area contributed by atoms with Crippen molar-refractivity contribution in [3.05, 3.63) is 41.2 Å². The second-order valence-corrected chi connectivity index (χ2v) is 4.74. The van der Waals surface area contributed by atoms with E-state index < -0.39 is 0 Å². The maximum absolute atomic E-state index is 12.3. The highest BCUT2D eigenvalue weighted by Crippen LogP contribution is 2.25. The number of carbonyl (C=O) groups is 1. The second kappa shape index (κ2) is 6.30. The van der Waals surface area contributed by atoms with Crippen molar-refractivity contribution in [3.8, 4) is 5.75 Å². The first kappa shape index (κ1) is 14.9. The number of nitrogen functional groups attached to an aromatic ring is 1. The molecule has 0 aliphatic carbocycles. The van der Waals surface area contributed by atoms with Gasteiger partial charge in [-0.15, -0.1) is 0 Å². The monoisotopic (exact) mass is 288 g/mol. The van der Waals surface area contributed by atoms with Crippen LogP contribution in [-0.4, -0.2) is 22.8 Å². The van der Waals surface area contributed by atoms with Crippen LogP contribution in [0.5, 0.6) is 5.75 Å². The Morgan fingerprint density at radius 2 is 2.24 bits per heavy atom. The molecule has 112 valence electrons. The van der Waals surface area contributed by atoms with Gasteiger partial charge < -0.3 is 15.8 Å². The molecular formula is C15H20N4O2. The van der Waals surface area contributed by atoms with Crippen molar-refractivity contribution in [2.24, 2.45) is 7.05 Å². The van der Waals surface area contributed by atoms with E-state index in [1.807, 2.05) is 20.2 Å². The minimum absolute atomic E-state index is 0.218. The van der Waals surface area contributed by atoms with E-state index >= 15 is 0 Å². The number of rotatable bonds is 5. The summed E-state index contributed by atoms with van der Waals surface area (Å²) in [7, 11) is 3.37. The number of nitrogens with zero attached hydrogens (tertiary/aromatic N) is 2. The summed E-state index contributed by atoms with van der Waals surface area (Å²) >= 11 is 0. The van der Waals surface area contributed by atoms with Crippen molar-refractivity contribution in [2.75, 3.05) is 12.8 Å². The van der Waals surface area contributed by atoms with Crippen LogP contribution in [0, 0.1) is 0 Å². The number of anilines is 1. The summed E-state index contributed by atoms with van der Waals surface area (Å²) < 4.78 is 6.95. The lowest BCUT2D eigenvalue weighted by Crippen LogP contribution is -2.24. The Morgan fingerprint density at radius 1 is 1.48 bits per heavy atom. The van der Waals surface area contributed by atoms with Gasteiger partial charge in [0.25, 0.3) is 5.91 Å². The minimum Gasteiger partial charge on any atom is -0.494 e. The van der Waals surface area contributed by atoms with Crippen LogP contribution in [0.4, 0.5) is 5.69 Å². The van der Waals surface area contributed by atoms with Gasteiger partial charge in [0.05, 0.1) is 24.1 Å². The number of benzene rings is 1. The number of aromatic nitrogens is 2. The zero-order valence-corrected chi connectivity index (χ0v) is 12.5. The van der Waals surface area contributed by atoms with Gasteiger partial charge in [-0.3, -0.25) is 9.48 Å². The molecule has 2 aromatic rings. The van der Waals surface area contributed by atoms with Crippen molar-refractivity contribution in [3.63, 3.8) is 0 Å². The molecule has 0 spiro atoms. The Bertz CT molecular complexity index is 649. The molecule has 0 atom stereocenters. The number of nitrogens with one attached hydrogen (secondary N) is 1. The zero-order chi connectivity index (χ0) is 15.4. The zero-order valence-electron chi connectivity index (χ0n) is 12.5. The van der Waals surface area contributed by atoms with Crippen molar-refractivity contribution >= 4 is 11.6 Å². The first-order chi connectivity index (χ1) is 10.1. The van der Waals surface area contributed by atoms with Crippen molar-refractivity contribution in [2.45, 2.75) is 19.9 Å². The lowest BCUT2D eigenvalue weighted by Gasteiger charge is -2.11. The highest BCUT2D eigenvalue weighted by molar-refractivity contribution is 5.98. The fourth-order valence-electron chi connectivity index (χ4n) is 2.26. The van der Waals surface area contributed by atoms with E-state index in [9.17, 15) is 4.79 Å². The van der Waals surface area contributed by atoms with Gasteiger partial charge in [0.15, 0.2) is 5.75 Å². The molecule has 0 saturated carbocycles. The molecule has 0 radical (unpaired) electrons. The molecule has 1 amide bonds. The predicted octanol–water partition coefficient (Wildman–Crippen LogP) is 1.50. The first-order valence-electron chi connectivity index (χ1n) is 6.78. The second-order valence-electron chi connectivity index (χ2n) is 4.74. The standard InChI is InChI=1S/C15H20N4O2/c1-4-13-10(9-19(2)18-13)8-17-15(20)11-6-5-7-12(16)14(11)21-3/h5-7,9H,4,8,16H2,1-3H3,(H,17,20). The summed E-state index contributed by atoms with van der Waals surface area (Å²) in [5, 5.41) is 7.23. The van der Waals surface area contributed by atoms with Crippen LogP contribution in [0.3, 0.4) is 0 Å². The van der Waals surface area contributed by atoms with Gasteiger partial charge >= 0.3 is 0 Å². The SMILES string of the molecule is CCc1nn(C)cc1CNC(=O)c1cccc(N)c1OC. The van der Waals surface area contributed by atoms with Crippen molar-refractivity contribution in [1.29, 1.82) is 0 Å². The molecular weight excluding hydrogens is 268 g/mol. The molecule has 0 bridgehead atoms. The van der Waals surface area contributed by atoms with Crippen LogP contribution in [0.25, 0.3) is 0 Å². The van der Waals surface area contributed by atoms with Gasteiger partial charge in [0.1, 0.15) is 0 Å². The molecule has 6 heteroatoms. The van der Waals surface area contributed by atoms with Crippen LogP contribution < -0.4 is 15.8 Å². The van der Waals surface area contributed by atoms with Crippen LogP contribution in [0.2, 0.25) is 0 Å². The number of hydrogen-bond donors (Lipinski definition) is 2. The largest absolute Gasteiger partial charge is 0.494 e. The minimum atomic E-state index is -0.218. The number of amides is 1. The normalized spacial score (nSPS) is 10.4. The van der Waals surface area contributed by atoms with Crippen molar-refractivity contribution < 1.29 is 9.53 Å². The summed E-state index contributed by atoms with van der Waals surface area (Å²) in [6.45, 7) is 2.46. The van der Waals surface area contributed by atoms with E-state index in [1.165, 1.54) is 7.11 Å². The fraction of sp³-hybridized carbons (Fsp3) is 0.333. The summed E-state index contributed by atoms with van der Waals surface area (Å²) in [6.07, 6.45) is 2.74. The molecule has 0 fully saturated rings. The third-order valence-corrected chi connectivity index (χ3v) is 3.26. The summed E-state index contributed by atoms with van der Waals surface area (Å²) in [5.41, 5.74) is 8.68. The number of carbonyl (C=O) groups excluding carboxylic acids is 1. The number of aryl methyl sites for hydroxylation is 2. The highest BCUT2D eigenvalue weighted by atomic mass is 16.5. The first-order valence-corrected chi connectivity index (χ1v) is 6.78. The van der Waals surface area contributed by atoms with Crippen LogP contribution in [-0.2, 0) is 20.0 Å². The molecule has 6 nitrogen and oxygen atoms in total. The van der Waals surface area contributed by atoms with Gasteiger partial charge in [-0.05, 0) is 18.6 Å². The Balaban J connectivity index is 2.13. The average Bonchev–Trinajstić information content (AvgIpc) is 2.84. The summed E-state index contributed by atoms with van der Waals surface area (Å²) in [6, 6.07) is 5.12. The fourth-order valence-corrected chi connectivity index (χ4v) is 2.26. The molecule has 0 aliphatic heterocycles. The molecule has 3 N–H and O–H groups in total. The van der Waals surface area contributed by atoms with Gasteiger partial charge in [-0.1, -0.05) is 13.0 Å². The molecule has 1 heterocycles. The van der Waals surface area contributed by atoms with E-state index in [1.54, 1.807) is 22.9 Å². The van der Waals surface area contributed by atoms with Crippen LogP contribution in [0.1, 0.15) is 28.5 Å². The highest BCUT2D eigenvalue weighted by Gasteiger charge is 2.15. The Kier molecular flexibility index (Phi) is 4.47. The maximum atomic E-state index is 12.3. The smallest absolute Gasteiger partial charge is 0.255 e. The quantitative estimate of drug-likeness (QED) is 0.817. The van der Waals surface area contributed by atoms with E-state index in [2.05, 4.69) is 10.4 Å². The number of para-hydroxylation sites is 1. The molecule has 0 saturated heterocycles. The summed E-state index contributed by atoms with van der Waals surface area (Å²) in [4.78, 5) is 12.3. The molecule has 1 aromatic heterocycles. The van der Waals surface area contributed by atoms with Gasteiger partial charge in [0.2, 0.25) is 0 Å². The predicted molar refractivity (Wildman–Crippen MR) is 81.2 cm³/mol. The average molecular weight is 288 g/mol. The summed E-state index contributed by atoms with van der Waals surface area (Å²) in [5.74, 6) is 0.182. The third-order valence-electron chi connectivity index (χ3n) is 3.26. The third kappa shape index (κ3) is 3.16. The molecule has 21 heavy (non-hydrogen) atoms. The van der Waals surface area contributed by atoms with Crippen molar-refractivity contribution in [1.82, 2.24) is 15.1 Å². The van der Waals surface area contributed by atoms with Crippen LogP contribution >= 0.6 is 0 Å². The number of ether oxygens (including phenoxy) is 1. The van der Waals surface area contributed by atoms with E-state index in [-0.39, 0.29) is 5.91 Å². The lowest BCUT2D eigenvalue weighted by atomic mass is 10.1. The maximum Gasteiger partial charge on any atom is 0.255 e. The Hall–Kier alpha value is -2.50. The number of nitrogens with two attached hydrogens (primary N) is 1. The molecule has 2 rings (SSSR count). The lowest BCUT2D eigenvalue weighted by molar-refractivity contribution is 0.0948. The number of hydrogen-bond acceptors (Lipinski definition) is 4. The molecule has 0 unspecified atom stereocenters. The van der Waals surface area contributed by atoms with Crippen LogP contribution in [0.15, 0.2) is 24.4 Å². The van der Waals surface area contributed by atoms with E-state index in [0.717, 1.165) is 17.7 Å². The van der Waals surface area contributed by atoms with Gasteiger partial charge in [-0.2, -0.15) is 5.10 Å². The van der Waals surface area contributed by atoms with Gasteiger partial charge in [-0.25, -0.2) is 0 Å². The topological polar surface area (TPSA) is 82.2 Å². The molecule has 1 aromatic carbocycles. The van der Waals surface area contributed by atoms with Gasteiger partial charge in [0, 0.05) is 25.4 Å².